The van der Waals surface area contributed by atoms with Crippen LogP contribution in [0.3, 0.4) is 0 Å². The zero-order chi connectivity index (χ0) is 14.5. The molecule has 0 heterocycles. The van der Waals surface area contributed by atoms with Crippen LogP contribution in [0.1, 0.15) is 5.56 Å². The van der Waals surface area contributed by atoms with Gasteiger partial charge in [-0.3, -0.25) is 4.79 Å². The van der Waals surface area contributed by atoms with Crippen molar-refractivity contribution in [2.45, 2.75) is 5.54 Å². The Hall–Kier alpha value is -1.05. The van der Waals surface area contributed by atoms with Gasteiger partial charge in [-0.1, -0.05) is 30.3 Å². The molecule has 1 atom stereocenters. The van der Waals surface area contributed by atoms with E-state index in [1.807, 2.05) is 6.07 Å². The van der Waals surface area contributed by atoms with Gasteiger partial charge < -0.3 is 11.5 Å². The summed E-state index contributed by atoms with van der Waals surface area (Å²) in [6.45, 7) is 0. The summed E-state index contributed by atoms with van der Waals surface area (Å²) in [5, 5.41) is 0. The molecule has 0 saturated heterocycles. The SMILES string of the molecule is CS(=O)(=O)CCSCC(N)(C(N)=O)c1ccccc1. The first-order valence-corrected chi connectivity index (χ1v) is 8.87. The van der Waals surface area contributed by atoms with Crippen molar-refractivity contribution < 1.29 is 13.2 Å². The summed E-state index contributed by atoms with van der Waals surface area (Å²) in [6, 6.07) is 8.85. The van der Waals surface area contributed by atoms with Gasteiger partial charge in [0.1, 0.15) is 15.4 Å². The van der Waals surface area contributed by atoms with E-state index in [-0.39, 0.29) is 11.5 Å². The van der Waals surface area contributed by atoms with Gasteiger partial charge in [0, 0.05) is 17.8 Å². The average Bonchev–Trinajstić information content (AvgIpc) is 2.34. The van der Waals surface area contributed by atoms with Gasteiger partial charge in [-0.25, -0.2) is 8.42 Å². The minimum absolute atomic E-state index is 0.0568. The zero-order valence-corrected chi connectivity index (χ0v) is 12.3. The standard InChI is InChI=1S/C12H18N2O3S2/c1-19(16,17)8-7-18-9-12(14,11(13)15)10-5-3-2-4-6-10/h2-6H,7-9,14H2,1H3,(H2,13,15). The second-order valence-corrected chi connectivity index (χ2v) is 7.75. The van der Waals surface area contributed by atoms with E-state index in [4.69, 9.17) is 11.5 Å². The first kappa shape index (κ1) is 16.0. The number of benzene rings is 1. The number of nitrogens with two attached hydrogens (primary N) is 2. The third kappa shape index (κ3) is 4.85. The Morgan fingerprint density at radius 3 is 2.37 bits per heavy atom. The summed E-state index contributed by atoms with van der Waals surface area (Å²) in [6.07, 6.45) is 1.18. The van der Waals surface area contributed by atoms with Crippen LogP contribution in [0.15, 0.2) is 30.3 Å². The molecule has 0 bridgehead atoms. The fraction of sp³-hybridized carbons (Fsp3) is 0.417. The lowest BCUT2D eigenvalue weighted by Gasteiger charge is -2.26. The zero-order valence-electron chi connectivity index (χ0n) is 10.7. The van der Waals surface area contributed by atoms with Gasteiger partial charge in [0.15, 0.2) is 0 Å². The largest absolute Gasteiger partial charge is 0.368 e. The number of carbonyl (C=O) groups is 1. The van der Waals surface area contributed by atoms with Crippen molar-refractivity contribution >= 4 is 27.5 Å². The number of hydrogen-bond donors (Lipinski definition) is 2. The molecular formula is C12H18N2O3S2. The van der Waals surface area contributed by atoms with Crippen molar-refractivity contribution in [3.8, 4) is 0 Å². The fourth-order valence-corrected chi connectivity index (χ4v) is 3.93. The smallest absolute Gasteiger partial charge is 0.242 e. The maximum Gasteiger partial charge on any atom is 0.242 e. The molecule has 0 aromatic heterocycles. The van der Waals surface area contributed by atoms with Gasteiger partial charge in [0.05, 0.1) is 5.75 Å². The number of carbonyl (C=O) groups excluding carboxylic acids is 1. The van der Waals surface area contributed by atoms with E-state index in [9.17, 15) is 13.2 Å². The van der Waals surface area contributed by atoms with Crippen LogP contribution < -0.4 is 11.5 Å². The van der Waals surface area contributed by atoms with Crippen molar-refractivity contribution in [3.05, 3.63) is 35.9 Å². The molecule has 106 valence electrons. The number of primary amides is 1. The summed E-state index contributed by atoms with van der Waals surface area (Å²) >= 11 is 1.31. The Morgan fingerprint density at radius 1 is 1.32 bits per heavy atom. The van der Waals surface area contributed by atoms with Gasteiger partial charge in [-0.2, -0.15) is 11.8 Å². The molecule has 0 fully saturated rings. The van der Waals surface area contributed by atoms with Crippen molar-refractivity contribution in [2.24, 2.45) is 11.5 Å². The molecule has 1 aromatic rings. The monoisotopic (exact) mass is 302 g/mol. The highest BCUT2D eigenvalue weighted by Gasteiger charge is 2.33. The Bertz CT molecular complexity index is 531. The molecule has 19 heavy (non-hydrogen) atoms. The third-order valence-corrected chi connectivity index (χ3v) is 5.01. The molecule has 1 aromatic carbocycles. The lowest BCUT2D eigenvalue weighted by atomic mass is 9.92. The van der Waals surface area contributed by atoms with Gasteiger partial charge in [0.25, 0.3) is 0 Å². The molecule has 7 heteroatoms. The van der Waals surface area contributed by atoms with Crippen LogP contribution in [0, 0.1) is 0 Å². The van der Waals surface area contributed by atoms with Crippen LogP contribution in [0.25, 0.3) is 0 Å². The van der Waals surface area contributed by atoms with Gasteiger partial charge in [0.2, 0.25) is 5.91 Å². The van der Waals surface area contributed by atoms with Crippen LogP contribution in [0.2, 0.25) is 0 Å². The molecule has 0 aliphatic heterocycles. The molecule has 0 aliphatic rings. The summed E-state index contributed by atoms with van der Waals surface area (Å²) in [5.74, 6) is 0.0756. The summed E-state index contributed by atoms with van der Waals surface area (Å²) in [5.41, 5.74) is 10.8. The molecule has 1 unspecified atom stereocenters. The molecule has 5 nitrogen and oxygen atoms in total. The normalized spacial score (nSPS) is 14.8. The van der Waals surface area contributed by atoms with Crippen LogP contribution in [-0.2, 0) is 20.2 Å². The van der Waals surface area contributed by atoms with Gasteiger partial charge >= 0.3 is 0 Å². The molecule has 0 saturated carbocycles. The van der Waals surface area contributed by atoms with E-state index in [0.29, 0.717) is 11.3 Å². The maximum atomic E-state index is 11.6. The number of thioether (sulfide) groups is 1. The van der Waals surface area contributed by atoms with E-state index in [0.717, 1.165) is 0 Å². The topological polar surface area (TPSA) is 103 Å². The van der Waals surface area contributed by atoms with Crippen LogP contribution in [-0.4, -0.2) is 37.8 Å². The van der Waals surface area contributed by atoms with Gasteiger partial charge in [-0.15, -0.1) is 0 Å². The van der Waals surface area contributed by atoms with Crippen molar-refractivity contribution in [1.82, 2.24) is 0 Å². The molecule has 0 aliphatic carbocycles. The quantitative estimate of drug-likeness (QED) is 0.696. The number of hydrogen-bond acceptors (Lipinski definition) is 5. The second kappa shape index (κ2) is 6.40. The Morgan fingerprint density at radius 2 is 1.89 bits per heavy atom. The van der Waals surface area contributed by atoms with Crippen LogP contribution >= 0.6 is 11.8 Å². The van der Waals surface area contributed by atoms with Crippen LogP contribution in [0.4, 0.5) is 0 Å². The lowest BCUT2D eigenvalue weighted by molar-refractivity contribution is -0.122. The summed E-state index contributed by atoms with van der Waals surface area (Å²) in [4.78, 5) is 11.6. The molecular weight excluding hydrogens is 284 g/mol. The van der Waals surface area contributed by atoms with E-state index in [1.165, 1.54) is 18.0 Å². The minimum Gasteiger partial charge on any atom is -0.368 e. The number of sulfone groups is 1. The van der Waals surface area contributed by atoms with Crippen molar-refractivity contribution in [3.63, 3.8) is 0 Å². The molecule has 1 rings (SSSR count). The van der Waals surface area contributed by atoms with E-state index in [2.05, 4.69) is 0 Å². The Kier molecular flexibility index (Phi) is 5.39. The van der Waals surface area contributed by atoms with Crippen molar-refractivity contribution in [1.29, 1.82) is 0 Å². The first-order chi connectivity index (χ1) is 8.76. The predicted octanol–water partition coefficient (Wildman–Crippen LogP) is 0.104. The highest BCUT2D eigenvalue weighted by molar-refractivity contribution is 8.00. The highest BCUT2D eigenvalue weighted by atomic mass is 32.2. The van der Waals surface area contributed by atoms with Crippen molar-refractivity contribution in [2.75, 3.05) is 23.5 Å². The Balaban J connectivity index is 2.71. The third-order valence-electron chi connectivity index (χ3n) is 2.66. The van der Waals surface area contributed by atoms with E-state index < -0.39 is 21.3 Å². The van der Waals surface area contributed by atoms with Crippen LogP contribution in [0.5, 0.6) is 0 Å². The number of rotatable bonds is 7. The summed E-state index contributed by atoms with van der Waals surface area (Å²) in [7, 11) is -3.00. The molecule has 1 amide bonds. The Labute approximate surface area is 117 Å². The lowest BCUT2D eigenvalue weighted by Crippen LogP contribution is -2.51. The van der Waals surface area contributed by atoms with Gasteiger partial charge in [-0.05, 0) is 5.56 Å². The summed E-state index contributed by atoms with van der Waals surface area (Å²) < 4.78 is 22.0. The minimum atomic E-state index is -3.00. The highest BCUT2D eigenvalue weighted by Crippen LogP contribution is 2.23. The molecule has 0 spiro atoms. The second-order valence-electron chi connectivity index (χ2n) is 4.38. The first-order valence-electron chi connectivity index (χ1n) is 5.65. The maximum absolute atomic E-state index is 11.6. The molecule has 4 N–H and O–H groups in total. The average molecular weight is 302 g/mol. The molecule has 0 radical (unpaired) electrons. The van der Waals surface area contributed by atoms with E-state index in [1.54, 1.807) is 24.3 Å². The van der Waals surface area contributed by atoms with E-state index >= 15 is 0 Å². The fourth-order valence-electron chi connectivity index (χ4n) is 1.48. The number of amides is 1. The predicted molar refractivity (Wildman–Crippen MR) is 78.5 cm³/mol.